The fourth-order valence-corrected chi connectivity index (χ4v) is 4.59. The van der Waals surface area contributed by atoms with Crippen LogP contribution < -0.4 is 15.8 Å². The van der Waals surface area contributed by atoms with Crippen molar-refractivity contribution in [2.45, 2.75) is 6.42 Å². The first-order valence-corrected chi connectivity index (χ1v) is 12.5. The lowest BCUT2D eigenvalue weighted by atomic mass is 10.1. The van der Waals surface area contributed by atoms with E-state index in [1.807, 2.05) is 30.3 Å². The second kappa shape index (κ2) is 10.1. The van der Waals surface area contributed by atoms with Crippen molar-refractivity contribution in [3.05, 3.63) is 101 Å². The van der Waals surface area contributed by atoms with Gasteiger partial charge in [-0.25, -0.2) is 4.98 Å². The minimum Gasteiger partial charge on any atom is -0.463 e. The molecular formula is C28H21ClN6O4. The second-order valence-electron chi connectivity index (χ2n) is 9.00. The van der Waals surface area contributed by atoms with Crippen molar-refractivity contribution < 1.29 is 14.0 Å². The number of anilines is 2. The van der Waals surface area contributed by atoms with E-state index >= 15 is 0 Å². The smallest absolute Gasteiger partial charge is 0.252 e. The van der Waals surface area contributed by atoms with Crippen molar-refractivity contribution in [2.24, 2.45) is 5.92 Å². The molecule has 0 radical (unpaired) electrons. The molecule has 5 aromatic rings. The van der Waals surface area contributed by atoms with Gasteiger partial charge in [0.05, 0.1) is 17.9 Å². The van der Waals surface area contributed by atoms with E-state index in [1.54, 1.807) is 47.4 Å². The lowest BCUT2D eigenvalue weighted by Crippen LogP contribution is -2.28. The molecule has 2 amide bonds. The van der Waals surface area contributed by atoms with Crippen molar-refractivity contribution >= 4 is 34.9 Å². The number of hydrogen-bond acceptors (Lipinski definition) is 6. The minimum atomic E-state index is -0.605. The summed E-state index contributed by atoms with van der Waals surface area (Å²) in [5.74, 6) is -0.295. The van der Waals surface area contributed by atoms with E-state index in [0.29, 0.717) is 27.9 Å². The Labute approximate surface area is 226 Å². The topological polar surface area (TPSA) is 126 Å². The highest BCUT2D eigenvalue weighted by atomic mass is 35.5. The number of aromatic amines is 1. The monoisotopic (exact) mass is 540 g/mol. The van der Waals surface area contributed by atoms with Gasteiger partial charge in [-0.3, -0.25) is 19.4 Å². The highest BCUT2D eigenvalue weighted by Gasteiger charge is 2.35. The molecule has 2 aromatic carbocycles. The van der Waals surface area contributed by atoms with Gasteiger partial charge in [0, 0.05) is 41.4 Å². The molecule has 0 saturated carbocycles. The third-order valence-electron chi connectivity index (χ3n) is 6.37. The maximum Gasteiger partial charge on any atom is 0.252 e. The average Bonchev–Trinajstić information content (AvgIpc) is 3.70. The molecule has 0 bridgehead atoms. The van der Waals surface area contributed by atoms with E-state index in [9.17, 15) is 14.4 Å². The lowest BCUT2D eigenvalue weighted by molar-refractivity contribution is -0.122. The summed E-state index contributed by atoms with van der Waals surface area (Å²) in [6.45, 7) is 0.212. The third kappa shape index (κ3) is 4.97. The van der Waals surface area contributed by atoms with E-state index in [-0.39, 0.29) is 42.1 Å². The zero-order valence-electron chi connectivity index (χ0n) is 20.4. The Morgan fingerprint density at radius 2 is 1.79 bits per heavy atom. The van der Waals surface area contributed by atoms with Gasteiger partial charge in [-0.15, -0.1) is 0 Å². The van der Waals surface area contributed by atoms with Gasteiger partial charge in [-0.1, -0.05) is 41.9 Å². The number of nitrogens with one attached hydrogen (secondary N) is 2. The number of benzene rings is 2. The Hall–Kier alpha value is -4.96. The van der Waals surface area contributed by atoms with Crippen LogP contribution in [0.4, 0.5) is 11.5 Å². The maximum absolute atomic E-state index is 13.4. The summed E-state index contributed by atoms with van der Waals surface area (Å²) in [5.41, 5.74) is 1.91. The molecule has 0 spiro atoms. The van der Waals surface area contributed by atoms with E-state index in [4.69, 9.17) is 16.0 Å². The molecule has 1 unspecified atom stereocenters. The van der Waals surface area contributed by atoms with E-state index in [1.165, 1.54) is 17.0 Å². The minimum absolute atomic E-state index is 0.0478. The predicted molar refractivity (Wildman–Crippen MR) is 146 cm³/mol. The number of hydrogen-bond donors (Lipinski definition) is 2. The van der Waals surface area contributed by atoms with Crippen LogP contribution in [0.25, 0.3) is 28.7 Å². The van der Waals surface area contributed by atoms with Crippen LogP contribution in [-0.2, 0) is 9.59 Å². The van der Waals surface area contributed by atoms with Crippen LogP contribution in [0.3, 0.4) is 0 Å². The number of H-pyrrole nitrogens is 1. The summed E-state index contributed by atoms with van der Waals surface area (Å²) in [6.07, 6.45) is 1.56. The number of furan rings is 1. The highest BCUT2D eigenvalue weighted by molar-refractivity contribution is 6.30. The summed E-state index contributed by atoms with van der Waals surface area (Å²) < 4.78 is 6.83. The van der Waals surface area contributed by atoms with E-state index in [2.05, 4.69) is 20.4 Å². The summed E-state index contributed by atoms with van der Waals surface area (Å²) in [6, 6.07) is 22.6. The largest absolute Gasteiger partial charge is 0.463 e. The maximum atomic E-state index is 13.4. The number of amides is 2. The van der Waals surface area contributed by atoms with Gasteiger partial charge in [0.2, 0.25) is 17.8 Å². The van der Waals surface area contributed by atoms with Gasteiger partial charge in [-0.2, -0.15) is 9.78 Å². The van der Waals surface area contributed by atoms with Crippen molar-refractivity contribution in [1.29, 1.82) is 0 Å². The lowest BCUT2D eigenvalue weighted by Gasteiger charge is -2.17. The number of carbonyl (C=O) groups is 2. The number of halogens is 1. The normalized spacial score (nSPS) is 15.1. The summed E-state index contributed by atoms with van der Waals surface area (Å²) >= 11 is 5.97. The Kier molecular flexibility index (Phi) is 6.29. The van der Waals surface area contributed by atoms with Gasteiger partial charge in [0.25, 0.3) is 5.56 Å². The van der Waals surface area contributed by atoms with E-state index < -0.39 is 5.92 Å². The SMILES string of the molecule is O=C(Nc1cc(-c2ccco2)nn1-c1nc(-c2ccccc2)cc(=O)[nH]1)C1CC(=O)N(c2ccc(Cl)cc2)C1. The van der Waals surface area contributed by atoms with Gasteiger partial charge in [0.1, 0.15) is 11.5 Å². The zero-order valence-corrected chi connectivity index (χ0v) is 21.1. The molecule has 1 saturated heterocycles. The Morgan fingerprint density at radius 1 is 1.00 bits per heavy atom. The molecule has 6 rings (SSSR count). The van der Waals surface area contributed by atoms with Crippen LogP contribution in [0, 0.1) is 5.92 Å². The summed E-state index contributed by atoms with van der Waals surface area (Å²) in [7, 11) is 0. The molecule has 2 N–H and O–H groups in total. The van der Waals surface area contributed by atoms with Crippen molar-refractivity contribution in [1.82, 2.24) is 19.7 Å². The average molecular weight is 541 g/mol. The summed E-state index contributed by atoms with van der Waals surface area (Å²) in [4.78, 5) is 47.5. The quantitative estimate of drug-likeness (QED) is 0.326. The predicted octanol–water partition coefficient (Wildman–Crippen LogP) is 4.53. The number of aromatic nitrogens is 4. The zero-order chi connectivity index (χ0) is 26.9. The molecule has 1 fully saturated rings. The van der Waals surface area contributed by atoms with Crippen LogP contribution in [0.5, 0.6) is 0 Å². The van der Waals surface area contributed by atoms with Crippen molar-refractivity contribution in [2.75, 3.05) is 16.8 Å². The highest BCUT2D eigenvalue weighted by Crippen LogP contribution is 2.29. The van der Waals surface area contributed by atoms with Gasteiger partial charge in [0.15, 0.2) is 5.76 Å². The second-order valence-corrected chi connectivity index (χ2v) is 9.43. The van der Waals surface area contributed by atoms with Crippen molar-refractivity contribution in [3.8, 4) is 28.7 Å². The number of nitrogens with zero attached hydrogens (tertiary/aromatic N) is 4. The number of rotatable bonds is 6. The first-order valence-electron chi connectivity index (χ1n) is 12.1. The molecule has 39 heavy (non-hydrogen) atoms. The molecule has 4 heterocycles. The molecule has 194 valence electrons. The molecule has 1 aliphatic rings. The van der Waals surface area contributed by atoms with Crippen LogP contribution in [0.15, 0.2) is 94.3 Å². The first kappa shape index (κ1) is 24.4. The van der Waals surface area contributed by atoms with Crippen LogP contribution in [0.1, 0.15) is 6.42 Å². The fourth-order valence-electron chi connectivity index (χ4n) is 4.46. The molecule has 3 aromatic heterocycles. The summed E-state index contributed by atoms with van der Waals surface area (Å²) in [5, 5.41) is 7.98. The van der Waals surface area contributed by atoms with Crippen LogP contribution in [-0.4, -0.2) is 38.1 Å². The first-order chi connectivity index (χ1) is 18.9. The number of carbonyl (C=O) groups excluding carboxylic acids is 2. The third-order valence-corrected chi connectivity index (χ3v) is 6.62. The van der Waals surface area contributed by atoms with Crippen LogP contribution in [0.2, 0.25) is 5.02 Å². The fraction of sp³-hybridized carbons (Fsp3) is 0.107. The molecular weight excluding hydrogens is 520 g/mol. The van der Waals surface area contributed by atoms with Crippen LogP contribution >= 0.6 is 11.6 Å². The Bertz CT molecular complexity index is 1710. The van der Waals surface area contributed by atoms with Crippen molar-refractivity contribution in [3.63, 3.8) is 0 Å². The molecule has 1 atom stereocenters. The Morgan fingerprint density at radius 3 is 2.54 bits per heavy atom. The Balaban J connectivity index is 1.32. The molecule has 1 aliphatic heterocycles. The standard InChI is InChI=1S/C28H21ClN6O4/c29-19-8-10-20(11-9-19)34-16-18(13-26(34)37)27(38)31-24-14-22(23-7-4-12-39-23)33-35(24)28-30-21(15-25(36)32-28)17-5-2-1-3-6-17/h1-12,14-15,18H,13,16H2,(H,31,38)(H,30,32,36). The molecule has 10 nitrogen and oxygen atoms in total. The van der Waals surface area contributed by atoms with Gasteiger partial charge < -0.3 is 14.6 Å². The molecule has 0 aliphatic carbocycles. The molecule has 11 heteroatoms. The van der Waals surface area contributed by atoms with Gasteiger partial charge >= 0.3 is 0 Å². The van der Waals surface area contributed by atoms with Gasteiger partial charge in [-0.05, 0) is 36.4 Å². The van der Waals surface area contributed by atoms with E-state index in [0.717, 1.165) is 5.56 Å².